The fourth-order valence-electron chi connectivity index (χ4n) is 2.88. The van der Waals surface area contributed by atoms with Gasteiger partial charge in [-0.3, -0.25) is 0 Å². The van der Waals surface area contributed by atoms with Gasteiger partial charge in [-0.2, -0.15) is 4.98 Å². The molecule has 4 rings (SSSR count). The van der Waals surface area contributed by atoms with Gasteiger partial charge < -0.3 is 18.6 Å². The van der Waals surface area contributed by atoms with Crippen LogP contribution in [0.1, 0.15) is 30.5 Å². The van der Waals surface area contributed by atoms with Gasteiger partial charge in [0.25, 0.3) is 0 Å². The summed E-state index contributed by atoms with van der Waals surface area (Å²) < 4.78 is 18.1. The van der Waals surface area contributed by atoms with Gasteiger partial charge in [0.05, 0.1) is 20.0 Å². The lowest BCUT2D eigenvalue weighted by atomic mass is 10.2. The normalized spacial score (nSPS) is 13.5. The Kier molecular flexibility index (Phi) is 5.34. The molecule has 1 aliphatic carbocycles. The minimum absolute atomic E-state index is 0.503. The molecule has 0 atom stereocenters. The molecule has 0 bridgehead atoms. The van der Waals surface area contributed by atoms with Crippen LogP contribution in [-0.2, 0) is 12.3 Å². The molecule has 0 saturated heterocycles. The summed E-state index contributed by atoms with van der Waals surface area (Å²) in [5.41, 5.74) is 0.795. The van der Waals surface area contributed by atoms with Crippen molar-refractivity contribution in [2.75, 3.05) is 14.2 Å². The second kappa shape index (κ2) is 8.05. The summed E-state index contributed by atoms with van der Waals surface area (Å²) in [6, 6.07) is 5.51. The molecule has 0 spiro atoms. The maximum absolute atomic E-state index is 5.41. The topological polar surface area (TPSA) is 88.1 Å². The number of hydrogen-bond acceptors (Lipinski definition) is 8. The zero-order chi connectivity index (χ0) is 19.5. The highest BCUT2D eigenvalue weighted by atomic mass is 32.2. The molecule has 0 N–H and O–H groups in total. The maximum Gasteiger partial charge on any atom is 0.237 e. The van der Waals surface area contributed by atoms with Crippen LogP contribution in [0.4, 0.5) is 0 Å². The van der Waals surface area contributed by atoms with Crippen molar-refractivity contribution in [1.29, 1.82) is 0 Å². The largest absolute Gasteiger partial charge is 0.493 e. The number of aromatic nitrogens is 5. The number of hydrogen-bond donors (Lipinski definition) is 0. The number of methoxy groups -OCH3 is 2. The molecule has 8 nitrogen and oxygen atoms in total. The van der Waals surface area contributed by atoms with E-state index in [2.05, 4.69) is 31.5 Å². The molecule has 0 radical (unpaired) electrons. The number of allylic oxidation sites excluding steroid dienone is 1. The zero-order valence-corrected chi connectivity index (χ0v) is 16.6. The van der Waals surface area contributed by atoms with Crippen LogP contribution >= 0.6 is 11.8 Å². The maximum atomic E-state index is 5.41. The first-order valence-corrected chi connectivity index (χ1v) is 9.93. The van der Waals surface area contributed by atoms with Crippen molar-refractivity contribution < 1.29 is 14.0 Å². The van der Waals surface area contributed by atoms with E-state index in [1.54, 1.807) is 14.2 Å². The van der Waals surface area contributed by atoms with E-state index < -0.39 is 0 Å². The second-order valence-corrected chi connectivity index (χ2v) is 7.33. The molecule has 1 fully saturated rings. The highest BCUT2D eigenvalue weighted by molar-refractivity contribution is 7.98. The predicted molar refractivity (Wildman–Crippen MR) is 105 cm³/mol. The standard InChI is InChI=1S/C19H21N5O3S/c1-4-9-24-18(12-5-6-12)21-22-19(24)28-11-16-20-17(23-27-16)13-7-8-14(25-2)15(10-13)26-3/h4,7-8,10,12H,1,5-6,9,11H2,2-3H3. The van der Waals surface area contributed by atoms with Gasteiger partial charge in [0.2, 0.25) is 11.7 Å². The third-order valence-corrected chi connectivity index (χ3v) is 5.39. The lowest BCUT2D eigenvalue weighted by Gasteiger charge is -2.07. The quantitative estimate of drug-likeness (QED) is 0.397. The Labute approximate surface area is 166 Å². The van der Waals surface area contributed by atoms with E-state index in [9.17, 15) is 0 Å². The molecule has 0 aliphatic heterocycles. The number of rotatable bonds is 9. The minimum atomic E-state index is 0.503. The van der Waals surface area contributed by atoms with E-state index in [1.165, 1.54) is 24.6 Å². The van der Waals surface area contributed by atoms with Crippen LogP contribution < -0.4 is 9.47 Å². The van der Waals surface area contributed by atoms with Gasteiger partial charge in [-0.15, -0.1) is 16.8 Å². The lowest BCUT2D eigenvalue weighted by molar-refractivity contribution is 0.355. The van der Waals surface area contributed by atoms with Crippen LogP contribution in [0.25, 0.3) is 11.4 Å². The third kappa shape index (κ3) is 3.75. The van der Waals surface area contributed by atoms with Gasteiger partial charge in [-0.25, -0.2) is 0 Å². The van der Waals surface area contributed by atoms with Crippen molar-refractivity contribution >= 4 is 11.8 Å². The van der Waals surface area contributed by atoms with Crippen molar-refractivity contribution in [1.82, 2.24) is 24.9 Å². The predicted octanol–water partition coefficient (Wildman–Crippen LogP) is 3.70. The third-order valence-electron chi connectivity index (χ3n) is 4.43. The molecule has 3 aromatic rings. The van der Waals surface area contributed by atoms with Crippen molar-refractivity contribution in [3.8, 4) is 22.9 Å². The van der Waals surface area contributed by atoms with E-state index in [1.807, 2.05) is 24.3 Å². The average Bonchev–Trinajstić information content (AvgIpc) is 3.32. The van der Waals surface area contributed by atoms with Gasteiger partial charge >= 0.3 is 0 Å². The van der Waals surface area contributed by atoms with Crippen LogP contribution in [0.3, 0.4) is 0 Å². The first-order valence-electron chi connectivity index (χ1n) is 8.95. The van der Waals surface area contributed by atoms with Gasteiger partial charge in [0.1, 0.15) is 5.82 Å². The highest BCUT2D eigenvalue weighted by Crippen LogP contribution is 2.40. The summed E-state index contributed by atoms with van der Waals surface area (Å²) in [6.07, 6.45) is 4.22. The Morgan fingerprint density at radius 1 is 1.25 bits per heavy atom. The lowest BCUT2D eigenvalue weighted by Crippen LogP contribution is -2.02. The van der Waals surface area contributed by atoms with Gasteiger partial charge in [-0.1, -0.05) is 23.0 Å². The molecule has 2 aromatic heterocycles. The number of benzene rings is 1. The second-order valence-electron chi connectivity index (χ2n) is 6.38. The van der Waals surface area contributed by atoms with E-state index in [0.29, 0.717) is 41.4 Å². The molecule has 146 valence electrons. The van der Waals surface area contributed by atoms with E-state index >= 15 is 0 Å². The molecule has 28 heavy (non-hydrogen) atoms. The number of thioether (sulfide) groups is 1. The average molecular weight is 399 g/mol. The molecule has 0 amide bonds. The van der Waals surface area contributed by atoms with Crippen LogP contribution in [0.15, 0.2) is 40.5 Å². The Hall–Kier alpha value is -2.81. The molecule has 1 aliphatic rings. The SMILES string of the molecule is C=CCn1c(SCc2nc(-c3ccc(OC)c(OC)c3)no2)nnc1C1CC1. The molecular formula is C19H21N5O3S. The Morgan fingerprint density at radius 3 is 2.79 bits per heavy atom. The molecule has 0 unspecified atom stereocenters. The van der Waals surface area contributed by atoms with Crippen molar-refractivity contribution in [2.24, 2.45) is 0 Å². The number of ether oxygens (including phenoxy) is 2. The van der Waals surface area contributed by atoms with Crippen molar-refractivity contribution in [3.63, 3.8) is 0 Å². The molecule has 1 aromatic carbocycles. The molecule has 9 heteroatoms. The zero-order valence-electron chi connectivity index (χ0n) is 15.8. The smallest absolute Gasteiger partial charge is 0.237 e. The summed E-state index contributed by atoms with van der Waals surface area (Å²) in [6.45, 7) is 4.53. The van der Waals surface area contributed by atoms with Crippen LogP contribution in [0, 0.1) is 0 Å². The Balaban J connectivity index is 1.48. The fourth-order valence-corrected chi connectivity index (χ4v) is 3.68. The summed E-state index contributed by atoms with van der Waals surface area (Å²) in [4.78, 5) is 4.48. The fraction of sp³-hybridized carbons (Fsp3) is 0.368. The van der Waals surface area contributed by atoms with Crippen LogP contribution in [-0.4, -0.2) is 39.1 Å². The highest BCUT2D eigenvalue weighted by Gasteiger charge is 2.30. The van der Waals surface area contributed by atoms with Crippen LogP contribution in [0.2, 0.25) is 0 Å². The molecule has 1 saturated carbocycles. The van der Waals surface area contributed by atoms with Gasteiger partial charge in [0.15, 0.2) is 16.7 Å². The van der Waals surface area contributed by atoms with Crippen LogP contribution in [0.5, 0.6) is 11.5 Å². The summed E-state index contributed by atoms with van der Waals surface area (Å²) in [5.74, 6) is 4.38. The molecular weight excluding hydrogens is 378 g/mol. The first kappa shape index (κ1) is 18.5. The Morgan fingerprint density at radius 2 is 2.07 bits per heavy atom. The van der Waals surface area contributed by atoms with Gasteiger partial charge in [0, 0.05) is 18.0 Å². The first-order chi connectivity index (χ1) is 13.7. The van der Waals surface area contributed by atoms with E-state index in [-0.39, 0.29) is 0 Å². The number of nitrogens with zero attached hydrogens (tertiary/aromatic N) is 5. The summed E-state index contributed by atoms with van der Waals surface area (Å²) in [7, 11) is 3.19. The minimum Gasteiger partial charge on any atom is -0.493 e. The molecule has 2 heterocycles. The van der Waals surface area contributed by atoms with Gasteiger partial charge in [-0.05, 0) is 31.0 Å². The summed E-state index contributed by atoms with van der Waals surface area (Å²) in [5, 5.41) is 13.6. The van der Waals surface area contributed by atoms with E-state index in [0.717, 1.165) is 16.5 Å². The Bertz CT molecular complexity index is 980. The van der Waals surface area contributed by atoms with Crippen molar-refractivity contribution in [3.05, 3.63) is 42.6 Å². The van der Waals surface area contributed by atoms with Crippen molar-refractivity contribution in [2.45, 2.75) is 36.2 Å². The monoisotopic (exact) mass is 399 g/mol. The van der Waals surface area contributed by atoms with E-state index in [4.69, 9.17) is 14.0 Å². The summed E-state index contributed by atoms with van der Waals surface area (Å²) >= 11 is 1.53.